The van der Waals surface area contributed by atoms with Gasteiger partial charge < -0.3 is 14.6 Å². The van der Waals surface area contributed by atoms with E-state index in [1.807, 2.05) is 0 Å². The minimum atomic E-state index is -0.0465. The SMILES string of the molecule is C1CCC([PH+](C2CCCCC2)C2CCCCC2)CC1.Cc1cc(C)c(N2C=CN(c3c(C)cc(C)cc3C)[CH-]2)c(C)c1.[CH-]=O.[Cl][RuH+2]. The van der Waals surface area contributed by atoms with Gasteiger partial charge in [-0.05, 0) is 153 Å². The van der Waals surface area contributed by atoms with Crippen molar-refractivity contribution >= 4 is 35.8 Å². The van der Waals surface area contributed by atoms with E-state index in [2.05, 4.69) is 111 Å². The predicted octanol–water partition coefficient (Wildman–Crippen LogP) is 11.8. The van der Waals surface area contributed by atoms with Gasteiger partial charge in [0.15, 0.2) is 0 Å². The topological polar surface area (TPSA) is 23.6 Å². The Morgan fingerprint density at radius 2 is 0.826 bits per heavy atom. The standard InChI is InChI=1S/C21H25N2.C18H33P.CHO.ClH.Ru.H/c1-14-9-16(3)20(17(4)10-14)22-7-8-23(13-22)21-18(5)11-15(2)12-19(21)6;1-4-10-16(11-5-1)19(17-12-6-2-7-13-17)18-14-8-3-9-15-18;1-2;;;/h7-13H,1-6H3;16-18H,1-15H2;1H;1H;;/q-1;;-1;;+3;. The molecule has 6 rings (SSSR count). The summed E-state index contributed by atoms with van der Waals surface area (Å²) >= 11 is 1.62. The zero-order valence-corrected chi connectivity index (χ0v) is 33.1. The fraction of sp³-hybridized carbons (Fsp3) is 0.600. The molecule has 0 N–H and O–H groups in total. The van der Waals surface area contributed by atoms with Crippen molar-refractivity contribution in [1.82, 2.24) is 0 Å². The number of rotatable bonds is 5. The summed E-state index contributed by atoms with van der Waals surface area (Å²) in [5, 5.41) is 0. The van der Waals surface area contributed by atoms with Crippen molar-refractivity contribution in [3.8, 4) is 0 Å². The van der Waals surface area contributed by atoms with Crippen LogP contribution >= 0.6 is 17.6 Å². The summed E-state index contributed by atoms with van der Waals surface area (Å²) in [6.07, 6.45) is 28.1. The zero-order valence-electron chi connectivity index (χ0n) is 29.5. The summed E-state index contributed by atoms with van der Waals surface area (Å²) < 4.78 is 0. The van der Waals surface area contributed by atoms with E-state index in [9.17, 15) is 0 Å². The molecule has 46 heavy (non-hydrogen) atoms. The maximum atomic E-state index is 7.75. The number of aryl methyl sites for hydroxylation is 6. The van der Waals surface area contributed by atoms with Gasteiger partial charge in [0, 0.05) is 19.3 Å². The Morgan fingerprint density at radius 1 is 0.565 bits per heavy atom. The van der Waals surface area contributed by atoms with Gasteiger partial charge in [-0.25, -0.2) is 0 Å². The van der Waals surface area contributed by atoms with Gasteiger partial charge in [-0.15, -0.1) is 6.67 Å². The molecule has 3 fully saturated rings. The molecule has 3 aliphatic carbocycles. The van der Waals surface area contributed by atoms with E-state index in [4.69, 9.17) is 4.79 Å². The molecule has 3 saturated carbocycles. The molecular weight excluding hydrogens is 692 g/mol. The first-order valence-corrected chi connectivity index (χ1v) is 21.9. The molecule has 0 atom stereocenters. The molecule has 0 aromatic heterocycles. The maximum absolute atomic E-state index is 7.75. The average molecular weight is 753 g/mol. The summed E-state index contributed by atoms with van der Waals surface area (Å²) in [7, 11) is 4.56. The van der Waals surface area contributed by atoms with Crippen molar-refractivity contribution in [1.29, 1.82) is 0 Å². The van der Waals surface area contributed by atoms with Gasteiger partial charge in [-0.2, -0.15) is 0 Å². The normalized spacial score (nSPS) is 19.2. The Labute approximate surface area is 297 Å². The third-order valence-corrected chi connectivity index (χ3v) is 15.2. The molecule has 0 unspecified atom stereocenters. The van der Waals surface area contributed by atoms with E-state index in [1.54, 1.807) is 114 Å². The summed E-state index contributed by atoms with van der Waals surface area (Å²) in [6.45, 7) is 18.5. The van der Waals surface area contributed by atoms with Gasteiger partial charge in [-0.3, -0.25) is 6.79 Å². The molecule has 1 aliphatic heterocycles. The van der Waals surface area contributed by atoms with Crippen LogP contribution < -0.4 is 9.80 Å². The number of halogens is 1. The monoisotopic (exact) mass is 753 g/mol. The van der Waals surface area contributed by atoms with E-state index in [1.165, 1.54) is 61.7 Å². The predicted molar refractivity (Wildman–Crippen MR) is 203 cm³/mol. The van der Waals surface area contributed by atoms with Crippen molar-refractivity contribution in [3.05, 3.63) is 76.7 Å². The minimum absolute atomic E-state index is 0.0465. The van der Waals surface area contributed by atoms with Gasteiger partial charge in [0.05, 0.1) is 17.0 Å². The van der Waals surface area contributed by atoms with Gasteiger partial charge in [0.2, 0.25) is 0 Å². The summed E-state index contributed by atoms with van der Waals surface area (Å²) in [6, 6.07) is 8.98. The van der Waals surface area contributed by atoms with Gasteiger partial charge >= 0.3 is 27.0 Å². The van der Waals surface area contributed by atoms with Crippen LogP contribution in [-0.4, -0.2) is 23.8 Å². The number of hydrogen-bond donors (Lipinski definition) is 0. The van der Waals surface area contributed by atoms with E-state index in [0.29, 0.717) is 0 Å². The Hall–Kier alpha value is -1.21. The van der Waals surface area contributed by atoms with Crippen molar-refractivity contribution in [2.45, 2.75) is 155 Å². The van der Waals surface area contributed by atoms with Crippen LogP contribution in [0.1, 0.15) is 130 Å². The molecule has 4 aliphatic rings. The van der Waals surface area contributed by atoms with Crippen molar-refractivity contribution < 1.29 is 22.1 Å². The van der Waals surface area contributed by atoms with Crippen molar-refractivity contribution in [3.63, 3.8) is 0 Å². The molecule has 256 valence electrons. The van der Waals surface area contributed by atoms with Gasteiger partial charge in [0.1, 0.15) is 0 Å². The molecule has 0 bridgehead atoms. The van der Waals surface area contributed by atoms with E-state index in [0.717, 1.165) is 0 Å². The fourth-order valence-corrected chi connectivity index (χ4v) is 14.3. The third-order valence-electron chi connectivity index (χ3n) is 10.7. The molecule has 0 spiro atoms. The van der Waals surface area contributed by atoms with Gasteiger partial charge in [-0.1, -0.05) is 54.7 Å². The molecule has 6 heteroatoms. The van der Waals surface area contributed by atoms with Crippen molar-refractivity contribution in [2.75, 3.05) is 9.80 Å². The van der Waals surface area contributed by atoms with Crippen molar-refractivity contribution in [2.24, 2.45) is 0 Å². The molecular formula is C40H61ClN2OPRu+. The molecule has 2 aromatic carbocycles. The summed E-state index contributed by atoms with van der Waals surface area (Å²) in [5.41, 5.74) is 14.1. The van der Waals surface area contributed by atoms with E-state index >= 15 is 0 Å². The quantitative estimate of drug-likeness (QED) is 0.131. The fourth-order valence-electron chi connectivity index (χ4n) is 9.09. The second kappa shape index (κ2) is 20.3. The van der Waals surface area contributed by atoms with Crippen LogP contribution in [0.2, 0.25) is 0 Å². The number of carbonyl (C=O) groups excluding carboxylic acids is 1. The first-order valence-electron chi connectivity index (χ1n) is 17.8. The Kier molecular flexibility index (Phi) is 17.3. The summed E-state index contributed by atoms with van der Waals surface area (Å²) in [4.78, 5) is 12.2. The molecule has 3 nitrogen and oxygen atoms in total. The molecule has 0 radical (unpaired) electrons. The zero-order chi connectivity index (χ0) is 33.6. The summed E-state index contributed by atoms with van der Waals surface area (Å²) in [5.74, 6) is 0. The van der Waals surface area contributed by atoms with Crippen LogP contribution in [0.3, 0.4) is 0 Å². The number of nitrogens with zero attached hydrogens (tertiary/aromatic N) is 2. The molecule has 0 amide bonds. The molecule has 2 aromatic rings. The first-order chi connectivity index (χ1) is 22.3. The Balaban J connectivity index is 0.000000229. The van der Waals surface area contributed by atoms with Crippen LogP contribution in [0, 0.1) is 48.2 Å². The Morgan fingerprint density at radius 3 is 1.09 bits per heavy atom. The third kappa shape index (κ3) is 10.6. The van der Waals surface area contributed by atoms with Crippen LogP contribution in [0.4, 0.5) is 11.4 Å². The second-order valence-electron chi connectivity index (χ2n) is 14.2. The van der Waals surface area contributed by atoms with Crippen LogP contribution in [0.15, 0.2) is 36.7 Å². The van der Waals surface area contributed by atoms with Crippen LogP contribution in [-0.2, 0) is 22.1 Å². The molecule has 0 saturated heterocycles. The number of hydrogen-bond acceptors (Lipinski definition) is 3. The number of anilines is 2. The van der Waals surface area contributed by atoms with E-state index < -0.39 is 0 Å². The Bertz CT molecular complexity index is 1080. The average Bonchev–Trinajstić information content (AvgIpc) is 3.53. The second-order valence-corrected chi connectivity index (χ2v) is 17.7. The van der Waals surface area contributed by atoms with Crippen LogP contribution in [0.5, 0.6) is 0 Å². The molecule has 1 heterocycles. The number of benzene rings is 2. The van der Waals surface area contributed by atoms with Gasteiger partial charge in [0.25, 0.3) is 0 Å². The van der Waals surface area contributed by atoms with E-state index in [-0.39, 0.29) is 7.92 Å². The first kappa shape index (κ1) is 39.2. The van der Waals surface area contributed by atoms with Crippen LogP contribution in [0.25, 0.3) is 0 Å².